The number of allylic oxidation sites excluding steroid dienone is 1. The number of carbonyl (C=O) groups excluding carboxylic acids is 2. The van der Waals surface area contributed by atoms with Gasteiger partial charge >= 0.3 is 0 Å². The van der Waals surface area contributed by atoms with E-state index in [9.17, 15) is 14.7 Å². The SMILES string of the molecule is CCCCOc1ccc(C2C(C(=O)/C=C/c3ccccc3)=C(O)C(=O)N2Cc2ccccc2)cc1OCC. The lowest BCUT2D eigenvalue weighted by molar-refractivity contribution is -0.130. The molecule has 38 heavy (non-hydrogen) atoms. The fourth-order valence-electron chi connectivity index (χ4n) is 4.43. The van der Waals surface area contributed by atoms with E-state index in [-0.39, 0.29) is 12.1 Å². The fourth-order valence-corrected chi connectivity index (χ4v) is 4.43. The lowest BCUT2D eigenvalue weighted by atomic mass is 9.95. The predicted molar refractivity (Wildman–Crippen MR) is 148 cm³/mol. The highest BCUT2D eigenvalue weighted by molar-refractivity contribution is 6.14. The highest BCUT2D eigenvalue weighted by atomic mass is 16.5. The van der Waals surface area contributed by atoms with Gasteiger partial charge in [-0.3, -0.25) is 9.59 Å². The van der Waals surface area contributed by atoms with Gasteiger partial charge in [-0.25, -0.2) is 0 Å². The van der Waals surface area contributed by atoms with Gasteiger partial charge < -0.3 is 19.5 Å². The van der Waals surface area contributed by atoms with E-state index in [2.05, 4.69) is 6.92 Å². The zero-order chi connectivity index (χ0) is 26.9. The molecule has 6 heteroatoms. The first-order chi connectivity index (χ1) is 18.5. The summed E-state index contributed by atoms with van der Waals surface area (Å²) in [5.41, 5.74) is 2.42. The number of nitrogens with zero attached hydrogens (tertiary/aromatic N) is 1. The molecule has 3 aromatic rings. The number of amides is 1. The van der Waals surface area contributed by atoms with E-state index in [1.807, 2.05) is 73.7 Å². The molecule has 1 aliphatic heterocycles. The second-order valence-corrected chi connectivity index (χ2v) is 9.03. The molecule has 0 saturated heterocycles. The van der Waals surface area contributed by atoms with Gasteiger partial charge in [-0.05, 0) is 48.2 Å². The predicted octanol–water partition coefficient (Wildman–Crippen LogP) is 6.44. The Labute approximate surface area is 223 Å². The van der Waals surface area contributed by atoms with Crippen LogP contribution in [-0.4, -0.2) is 34.9 Å². The largest absolute Gasteiger partial charge is 0.503 e. The first-order valence-corrected chi connectivity index (χ1v) is 13.0. The van der Waals surface area contributed by atoms with Crippen molar-refractivity contribution >= 4 is 17.8 Å². The summed E-state index contributed by atoms with van der Waals surface area (Å²) in [6.07, 6.45) is 5.00. The number of carbonyl (C=O) groups is 2. The summed E-state index contributed by atoms with van der Waals surface area (Å²) >= 11 is 0. The molecule has 0 aliphatic carbocycles. The number of benzene rings is 3. The quantitative estimate of drug-likeness (QED) is 0.224. The number of hydrogen-bond acceptors (Lipinski definition) is 5. The number of ketones is 1. The van der Waals surface area contributed by atoms with Gasteiger partial charge in [-0.2, -0.15) is 0 Å². The number of ether oxygens (including phenoxy) is 2. The average molecular weight is 512 g/mol. The van der Waals surface area contributed by atoms with Gasteiger partial charge in [0.1, 0.15) is 0 Å². The maximum absolute atomic E-state index is 13.5. The van der Waals surface area contributed by atoms with E-state index in [1.165, 1.54) is 11.0 Å². The molecule has 1 heterocycles. The first-order valence-electron chi connectivity index (χ1n) is 13.0. The number of aliphatic hydroxyl groups is 1. The molecular weight excluding hydrogens is 478 g/mol. The minimum atomic E-state index is -0.792. The van der Waals surface area contributed by atoms with Crippen LogP contribution in [0.25, 0.3) is 6.08 Å². The van der Waals surface area contributed by atoms with Crippen LogP contribution in [0, 0.1) is 0 Å². The molecule has 0 bridgehead atoms. The second kappa shape index (κ2) is 12.8. The maximum Gasteiger partial charge on any atom is 0.290 e. The van der Waals surface area contributed by atoms with Gasteiger partial charge in [0.15, 0.2) is 23.0 Å². The Kier molecular flexibility index (Phi) is 8.98. The summed E-state index contributed by atoms with van der Waals surface area (Å²) in [6, 6.07) is 23.5. The minimum absolute atomic E-state index is 0.0419. The Bertz CT molecular complexity index is 1310. The van der Waals surface area contributed by atoms with Gasteiger partial charge in [-0.15, -0.1) is 0 Å². The molecule has 1 amide bonds. The zero-order valence-corrected chi connectivity index (χ0v) is 21.8. The number of rotatable bonds is 12. The third-order valence-corrected chi connectivity index (χ3v) is 6.33. The summed E-state index contributed by atoms with van der Waals surface area (Å²) in [4.78, 5) is 28.3. The van der Waals surface area contributed by atoms with Gasteiger partial charge in [0.2, 0.25) is 0 Å². The van der Waals surface area contributed by atoms with Crippen LogP contribution in [0.2, 0.25) is 0 Å². The molecule has 0 spiro atoms. The summed E-state index contributed by atoms with van der Waals surface area (Å²) in [5.74, 6) is -0.410. The summed E-state index contributed by atoms with van der Waals surface area (Å²) in [6.45, 7) is 5.20. The summed E-state index contributed by atoms with van der Waals surface area (Å²) in [7, 11) is 0. The van der Waals surface area contributed by atoms with Crippen molar-refractivity contribution in [3.8, 4) is 11.5 Å². The molecule has 1 atom stereocenters. The van der Waals surface area contributed by atoms with Crippen molar-refractivity contribution in [2.45, 2.75) is 39.3 Å². The molecule has 3 aromatic carbocycles. The molecule has 0 radical (unpaired) electrons. The number of aliphatic hydroxyl groups excluding tert-OH is 1. The Morgan fingerprint density at radius 1 is 0.947 bits per heavy atom. The second-order valence-electron chi connectivity index (χ2n) is 9.03. The van der Waals surface area contributed by atoms with Gasteiger partial charge in [-0.1, -0.05) is 86.2 Å². The fraction of sp³-hybridized carbons (Fsp3) is 0.250. The van der Waals surface area contributed by atoms with Crippen molar-refractivity contribution in [1.82, 2.24) is 4.90 Å². The van der Waals surface area contributed by atoms with Crippen molar-refractivity contribution in [2.24, 2.45) is 0 Å². The van der Waals surface area contributed by atoms with Crippen LogP contribution >= 0.6 is 0 Å². The van der Waals surface area contributed by atoms with E-state index in [0.29, 0.717) is 30.3 Å². The molecule has 0 aromatic heterocycles. The van der Waals surface area contributed by atoms with Crippen LogP contribution < -0.4 is 9.47 Å². The van der Waals surface area contributed by atoms with Gasteiger partial charge in [0.25, 0.3) is 5.91 Å². The monoisotopic (exact) mass is 511 g/mol. The number of hydrogen-bond donors (Lipinski definition) is 1. The first kappa shape index (κ1) is 26.7. The van der Waals surface area contributed by atoms with Crippen LogP contribution in [-0.2, 0) is 16.1 Å². The third kappa shape index (κ3) is 6.14. The molecule has 0 fully saturated rings. The molecular formula is C32H33NO5. The van der Waals surface area contributed by atoms with E-state index in [4.69, 9.17) is 9.47 Å². The van der Waals surface area contributed by atoms with E-state index in [0.717, 1.165) is 24.0 Å². The van der Waals surface area contributed by atoms with Crippen molar-refractivity contribution in [3.63, 3.8) is 0 Å². The summed E-state index contributed by atoms with van der Waals surface area (Å²) in [5, 5.41) is 11.0. The highest BCUT2D eigenvalue weighted by Crippen LogP contribution is 2.42. The highest BCUT2D eigenvalue weighted by Gasteiger charge is 2.43. The van der Waals surface area contributed by atoms with Crippen molar-refractivity contribution in [2.75, 3.05) is 13.2 Å². The minimum Gasteiger partial charge on any atom is -0.503 e. The average Bonchev–Trinajstić information content (AvgIpc) is 3.19. The summed E-state index contributed by atoms with van der Waals surface area (Å²) < 4.78 is 11.8. The van der Waals surface area contributed by atoms with E-state index in [1.54, 1.807) is 18.2 Å². The van der Waals surface area contributed by atoms with Gasteiger partial charge in [0.05, 0.1) is 24.8 Å². The molecule has 0 saturated carbocycles. The molecule has 1 N–H and O–H groups in total. The third-order valence-electron chi connectivity index (χ3n) is 6.33. The van der Waals surface area contributed by atoms with Crippen LogP contribution in [0.5, 0.6) is 11.5 Å². The van der Waals surface area contributed by atoms with Crippen LogP contribution in [0.3, 0.4) is 0 Å². The molecule has 4 rings (SSSR count). The molecule has 196 valence electrons. The topological polar surface area (TPSA) is 76.1 Å². The van der Waals surface area contributed by atoms with E-state index < -0.39 is 23.5 Å². The van der Waals surface area contributed by atoms with Crippen molar-refractivity contribution < 1.29 is 24.2 Å². The number of unbranched alkanes of at least 4 members (excludes halogenated alkanes) is 1. The van der Waals surface area contributed by atoms with Crippen LogP contribution in [0.1, 0.15) is 49.4 Å². The molecule has 6 nitrogen and oxygen atoms in total. The zero-order valence-electron chi connectivity index (χ0n) is 21.8. The Morgan fingerprint density at radius 3 is 2.34 bits per heavy atom. The Hall–Kier alpha value is -4.32. The van der Waals surface area contributed by atoms with Crippen LogP contribution in [0.15, 0.2) is 96.3 Å². The van der Waals surface area contributed by atoms with Crippen LogP contribution in [0.4, 0.5) is 0 Å². The lowest BCUT2D eigenvalue weighted by Crippen LogP contribution is -2.30. The lowest BCUT2D eigenvalue weighted by Gasteiger charge is -2.27. The normalized spacial score (nSPS) is 15.4. The van der Waals surface area contributed by atoms with E-state index >= 15 is 0 Å². The Balaban J connectivity index is 1.74. The van der Waals surface area contributed by atoms with Crippen molar-refractivity contribution in [3.05, 3.63) is 113 Å². The maximum atomic E-state index is 13.5. The Morgan fingerprint density at radius 2 is 1.66 bits per heavy atom. The molecule has 1 unspecified atom stereocenters. The smallest absolute Gasteiger partial charge is 0.290 e. The molecule has 1 aliphatic rings. The van der Waals surface area contributed by atoms with Gasteiger partial charge in [0, 0.05) is 6.54 Å². The standard InChI is InChI=1S/C32H33NO5/c1-3-5-20-38-27-19-17-25(21-28(27)37-4-2)30-29(26(34)18-16-23-12-8-6-9-13-23)31(35)32(36)33(30)22-24-14-10-7-11-15-24/h6-19,21,30,35H,3-5,20,22H2,1-2H3/b18-16+. The van der Waals surface area contributed by atoms with Crippen molar-refractivity contribution in [1.29, 1.82) is 0 Å².